The lowest BCUT2D eigenvalue weighted by Crippen LogP contribution is -2.07. The van der Waals surface area contributed by atoms with Crippen molar-refractivity contribution in [3.05, 3.63) is 35.9 Å². The second-order valence-corrected chi connectivity index (χ2v) is 4.62. The molecule has 0 aromatic heterocycles. The molecule has 2 bridgehead atoms. The molecule has 0 aliphatic heterocycles. The van der Waals surface area contributed by atoms with Crippen LogP contribution in [0.1, 0.15) is 37.2 Å². The monoisotopic (exact) mass is 171 g/mol. The molecular formula is C13H15. The lowest BCUT2D eigenvalue weighted by atomic mass is 9.84. The zero-order valence-corrected chi connectivity index (χ0v) is 7.87. The van der Waals surface area contributed by atoms with Gasteiger partial charge in [0.1, 0.15) is 0 Å². The molecule has 1 aromatic rings. The van der Waals surface area contributed by atoms with Crippen molar-refractivity contribution in [2.45, 2.75) is 31.6 Å². The molecule has 2 fully saturated rings. The summed E-state index contributed by atoms with van der Waals surface area (Å²) in [6.45, 7) is 0. The van der Waals surface area contributed by atoms with Crippen molar-refractivity contribution in [1.29, 1.82) is 0 Å². The van der Waals surface area contributed by atoms with Crippen LogP contribution in [-0.2, 0) is 0 Å². The van der Waals surface area contributed by atoms with Crippen LogP contribution in [0, 0.1) is 17.9 Å². The highest BCUT2D eigenvalue weighted by molar-refractivity contribution is 5.22. The molecule has 0 saturated heterocycles. The number of fused-ring (bicyclic) bond motifs is 2. The van der Waals surface area contributed by atoms with Crippen molar-refractivity contribution >= 4 is 0 Å². The zero-order valence-electron chi connectivity index (χ0n) is 7.87. The van der Waals surface area contributed by atoms with Crippen molar-refractivity contribution in [1.82, 2.24) is 0 Å². The highest BCUT2D eigenvalue weighted by Crippen LogP contribution is 2.52. The van der Waals surface area contributed by atoms with Gasteiger partial charge in [-0.2, -0.15) is 0 Å². The Hall–Kier alpha value is -0.780. The van der Waals surface area contributed by atoms with Gasteiger partial charge in [-0.1, -0.05) is 30.7 Å². The predicted octanol–water partition coefficient (Wildman–Crippen LogP) is 3.39. The number of benzene rings is 1. The maximum atomic E-state index is 3.20. The van der Waals surface area contributed by atoms with E-state index in [0.29, 0.717) is 0 Å². The van der Waals surface area contributed by atoms with E-state index in [-0.39, 0.29) is 0 Å². The SMILES string of the molecule is [c]1cccc(C2CC3CCC2C3)c1. The highest BCUT2D eigenvalue weighted by atomic mass is 14.4. The van der Waals surface area contributed by atoms with Gasteiger partial charge in [-0.25, -0.2) is 0 Å². The second kappa shape index (κ2) is 2.87. The molecule has 2 saturated carbocycles. The van der Waals surface area contributed by atoms with E-state index in [9.17, 15) is 0 Å². The largest absolute Gasteiger partial charge is 0.0614 e. The highest BCUT2D eigenvalue weighted by Gasteiger charge is 2.39. The summed E-state index contributed by atoms with van der Waals surface area (Å²) in [4.78, 5) is 0. The van der Waals surface area contributed by atoms with E-state index in [2.05, 4.69) is 24.3 Å². The van der Waals surface area contributed by atoms with Crippen LogP contribution in [0.25, 0.3) is 0 Å². The van der Waals surface area contributed by atoms with E-state index >= 15 is 0 Å². The number of rotatable bonds is 1. The Kier molecular flexibility index (Phi) is 1.68. The van der Waals surface area contributed by atoms with Crippen molar-refractivity contribution in [2.24, 2.45) is 11.8 Å². The fraction of sp³-hybridized carbons (Fsp3) is 0.538. The molecule has 0 amide bonds. The summed E-state index contributed by atoms with van der Waals surface area (Å²) in [5, 5.41) is 0. The summed E-state index contributed by atoms with van der Waals surface area (Å²) in [6, 6.07) is 11.8. The van der Waals surface area contributed by atoms with Gasteiger partial charge in [0, 0.05) is 0 Å². The third kappa shape index (κ3) is 1.20. The molecule has 1 aromatic carbocycles. The molecule has 2 aliphatic carbocycles. The molecule has 3 rings (SSSR count). The summed E-state index contributed by atoms with van der Waals surface area (Å²) < 4.78 is 0. The van der Waals surface area contributed by atoms with E-state index in [4.69, 9.17) is 0 Å². The van der Waals surface area contributed by atoms with Gasteiger partial charge in [-0.05, 0) is 48.6 Å². The van der Waals surface area contributed by atoms with Gasteiger partial charge >= 0.3 is 0 Å². The fourth-order valence-corrected chi connectivity index (χ4v) is 3.29. The van der Waals surface area contributed by atoms with E-state index in [0.717, 1.165) is 17.8 Å². The van der Waals surface area contributed by atoms with Crippen LogP contribution in [0.15, 0.2) is 24.3 Å². The molecule has 0 heterocycles. The number of hydrogen-bond donors (Lipinski definition) is 0. The predicted molar refractivity (Wildman–Crippen MR) is 53.5 cm³/mol. The lowest BCUT2D eigenvalue weighted by Gasteiger charge is -2.21. The first-order chi connectivity index (χ1) is 6.43. The molecule has 13 heavy (non-hydrogen) atoms. The zero-order chi connectivity index (χ0) is 8.67. The van der Waals surface area contributed by atoms with E-state index in [1.807, 2.05) is 6.07 Å². The summed E-state index contributed by atoms with van der Waals surface area (Å²) in [7, 11) is 0. The fourth-order valence-electron chi connectivity index (χ4n) is 3.29. The van der Waals surface area contributed by atoms with E-state index in [1.54, 1.807) is 0 Å². The Labute approximate surface area is 80.0 Å². The third-order valence-electron chi connectivity index (χ3n) is 3.90. The summed E-state index contributed by atoms with van der Waals surface area (Å²) in [5.74, 6) is 2.92. The molecule has 0 nitrogen and oxygen atoms in total. The lowest BCUT2D eigenvalue weighted by molar-refractivity contribution is 0.420. The Morgan fingerprint density at radius 2 is 2.23 bits per heavy atom. The first kappa shape index (κ1) is 7.61. The molecule has 0 heteroatoms. The molecule has 3 atom stereocenters. The Morgan fingerprint density at radius 3 is 2.85 bits per heavy atom. The summed E-state index contributed by atoms with van der Waals surface area (Å²) in [6.07, 6.45) is 5.92. The summed E-state index contributed by atoms with van der Waals surface area (Å²) in [5.41, 5.74) is 1.54. The Bertz CT molecular complexity index is 288. The maximum absolute atomic E-state index is 3.20. The number of hydrogen-bond acceptors (Lipinski definition) is 0. The minimum atomic E-state index is 0.871. The van der Waals surface area contributed by atoms with Gasteiger partial charge in [0.15, 0.2) is 0 Å². The van der Waals surface area contributed by atoms with Crippen LogP contribution in [-0.4, -0.2) is 0 Å². The van der Waals surface area contributed by atoms with Crippen LogP contribution in [0.5, 0.6) is 0 Å². The van der Waals surface area contributed by atoms with Gasteiger partial charge in [-0.15, -0.1) is 0 Å². The van der Waals surface area contributed by atoms with Crippen molar-refractivity contribution in [3.8, 4) is 0 Å². The van der Waals surface area contributed by atoms with Gasteiger partial charge in [0.25, 0.3) is 0 Å². The molecule has 3 unspecified atom stereocenters. The molecule has 1 radical (unpaired) electrons. The summed E-state index contributed by atoms with van der Waals surface area (Å²) >= 11 is 0. The molecule has 2 aliphatic rings. The Morgan fingerprint density at radius 1 is 1.23 bits per heavy atom. The van der Waals surface area contributed by atoms with E-state index in [1.165, 1.54) is 31.2 Å². The minimum Gasteiger partial charge on any atom is -0.0614 e. The maximum Gasteiger partial charge on any atom is -0.0131 e. The van der Waals surface area contributed by atoms with Crippen LogP contribution >= 0.6 is 0 Å². The normalized spacial score (nSPS) is 36.8. The topological polar surface area (TPSA) is 0 Å². The standard InChI is InChI=1S/C13H15/c1-2-4-11(5-3-1)13-9-10-6-7-12(13)8-10/h1-2,4-5,10,12-13H,6-9H2. The molecule has 0 N–H and O–H groups in total. The van der Waals surface area contributed by atoms with Gasteiger partial charge < -0.3 is 0 Å². The van der Waals surface area contributed by atoms with Crippen LogP contribution in [0.2, 0.25) is 0 Å². The second-order valence-electron chi connectivity index (χ2n) is 4.62. The molecular weight excluding hydrogens is 156 g/mol. The van der Waals surface area contributed by atoms with Gasteiger partial charge in [0.05, 0.1) is 0 Å². The van der Waals surface area contributed by atoms with Crippen molar-refractivity contribution < 1.29 is 0 Å². The van der Waals surface area contributed by atoms with Crippen LogP contribution in [0.3, 0.4) is 0 Å². The average Bonchev–Trinajstić information content (AvgIpc) is 2.80. The van der Waals surface area contributed by atoms with Gasteiger partial charge in [-0.3, -0.25) is 0 Å². The average molecular weight is 171 g/mol. The van der Waals surface area contributed by atoms with Gasteiger partial charge in [0.2, 0.25) is 0 Å². The first-order valence-electron chi connectivity index (χ1n) is 5.39. The van der Waals surface area contributed by atoms with Crippen molar-refractivity contribution in [2.75, 3.05) is 0 Å². The quantitative estimate of drug-likeness (QED) is 0.607. The van der Waals surface area contributed by atoms with Crippen LogP contribution < -0.4 is 0 Å². The van der Waals surface area contributed by atoms with Crippen molar-refractivity contribution in [3.63, 3.8) is 0 Å². The van der Waals surface area contributed by atoms with Crippen LogP contribution in [0.4, 0.5) is 0 Å². The molecule has 67 valence electrons. The first-order valence-corrected chi connectivity index (χ1v) is 5.39. The minimum absolute atomic E-state index is 0.871. The Balaban J connectivity index is 1.87. The third-order valence-corrected chi connectivity index (χ3v) is 3.90. The van der Waals surface area contributed by atoms with E-state index < -0.39 is 0 Å². The molecule has 0 spiro atoms. The smallest absolute Gasteiger partial charge is 0.0131 e.